The van der Waals surface area contributed by atoms with Crippen molar-refractivity contribution < 1.29 is 0 Å². The summed E-state index contributed by atoms with van der Waals surface area (Å²) in [6.07, 6.45) is 4.65. The van der Waals surface area contributed by atoms with Gasteiger partial charge in [-0.25, -0.2) is 0 Å². The van der Waals surface area contributed by atoms with Crippen LogP contribution in [0.2, 0.25) is 0 Å². The van der Waals surface area contributed by atoms with E-state index in [9.17, 15) is 0 Å². The zero-order valence-corrected chi connectivity index (χ0v) is 7.38. The summed E-state index contributed by atoms with van der Waals surface area (Å²) in [4.78, 5) is 0. The van der Waals surface area contributed by atoms with Gasteiger partial charge in [0.15, 0.2) is 0 Å². The second kappa shape index (κ2) is 2.74. The van der Waals surface area contributed by atoms with E-state index in [1.165, 1.54) is 5.75 Å². The monoisotopic (exact) mass is 135 g/mol. The molecule has 0 radical (unpaired) electrons. The average molecular weight is 135 g/mol. The molecular weight excluding hydrogens is 118 g/mol. The van der Waals surface area contributed by atoms with Crippen LogP contribution in [0.15, 0.2) is 0 Å². The molecule has 0 aromatic heterocycles. The molecule has 0 atom stereocenters. The fraction of sp³-hybridized carbons (Fsp3) is 1.00. The van der Waals surface area contributed by atoms with Crippen LogP contribution in [0.5, 0.6) is 0 Å². The van der Waals surface area contributed by atoms with E-state index in [1.54, 1.807) is 0 Å². The van der Waals surface area contributed by atoms with Crippen molar-refractivity contribution in [2.45, 2.75) is 6.92 Å². The van der Waals surface area contributed by atoms with E-state index in [0.717, 1.165) is 0 Å². The summed E-state index contributed by atoms with van der Waals surface area (Å²) in [5.41, 5.74) is 0. The van der Waals surface area contributed by atoms with Crippen LogP contribution in [0.25, 0.3) is 0 Å². The van der Waals surface area contributed by atoms with E-state index in [1.807, 2.05) is 0 Å². The van der Waals surface area contributed by atoms with Gasteiger partial charge in [-0.2, -0.15) is 10.2 Å². The van der Waals surface area contributed by atoms with Crippen molar-refractivity contribution in [2.75, 3.05) is 32.4 Å². The first kappa shape index (κ1) is 8.31. The van der Waals surface area contributed by atoms with Gasteiger partial charge >= 0.3 is 0 Å². The molecule has 0 unspecified atom stereocenters. The molecule has 1 nitrogen and oxygen atoms in total. The predicted molar refractivity (Wildman–Crippen MR) is 43.7 cm³/mol. The molecule has 0 rings (SSSR count). The summed E-state index contributed by atoms with van der Waals surface area (Å²) in [5, 5.41) is 0. The smallest absolute Gasteiger partial charge is 0.00439 e. The maximum atomic E-state index is 2.33. The maximum Gasteiger partial charge on any atom is -0.00439 e. The van der Waals surface area contributed by atoms with Crippen LogP contribution >= 0.6 is 10.2 Å². The van der Waals surface area contributed by atoms with Crippen LogP contribution in [0, 0.1) is 0 Å². The summed E-state index contributed by atoms with van der Waals surface area (Å²) in [7, 11) is 3.90. The fourth-order valence-electron chi connectivity index (χ4n) is 0.258. The van der Waals surface area contributed by atoms with E-state index in [-0.39, 0.29) is 0 Å². The minimum absolute atomic E-state index is 0.403. The molecule has 0 aliphatic heterocycles. The van der Waals surface area contributed by atoms with Gasteiger partial charge in [-0.1, -0.05) is 6.92 Å². The zero-order valence-electron chi connectivity index (χ0n) is 6.56. The third kappa shape index (κ3) is 2.05. The van der Waals surface area contributed by atoms with Gasteiger partial charge in [0.25, 0.3) is 0 Å². The zero-order chi connectivity index (χ0) is 6.78. The van der Waals surface area contributed by atoms with Gasteiger partial charge in [-0.3, -0.25) is 4.31 Å². The highest BCUT2D eigenvalue weighted by molar-refractivity contribution is 8.30. The van der Waals surface area contributed by atoms with Crippen molar-refractivity contribution in [2.24, 2.45) is 0 Å². The Balaban J connectivity index is 3.71. The van der Waals surface area contributed by atoms with Crippen LogP contribution in [0.3, 0.4) is 0 Å². The Morgan fingerprint density at radius 3 is 1.62 bits per heavy atom. The third-order valence-corrected chi connectivity index (χ3v) is 5.08. The first-order valence-electron chi connectivity index (χ1n) is 2.89. The van der Waals surface area contributed by atoms with Crippen molar-refractivity contribution >= 4 is 10.2 Å². The molecular formula is C6H17NS. The Bertz CT molecular complexity index is 68.9. The van der Waals surface area contributed by atoms with Crippen LogP contribution in [-0.2, 0) is 0 Å². The summed E-state index contributed by atoms with van der Waals surface area (Å²) < 4.78 is 2.33. The Morgan fingerprint density at radius 1 is 1.25 bits per heavy atom. The molecule has 52 valence electrons. The fourth-order valence-corrected chi connectivity index (χ4v) is 0.775. The average Bonchev–Trinajstić information content (AvgIpc) is 1.67. The lowest BCUT2D eigenvalue weighted by Crippen LogP contribution is -2.18. The maximum absolute atomic E-state index is 2.33. The second-order valence-corrected chi connectivity index (χ2v) is 6.85. The Labute approximate surface area is 54.5 Å². The molecule has 8 heavy (non-hydrogen) atoms. The van der Waals surface area contributed by atoms with Crippen LogP contribution in [0.1, 0.15) is 6.92 Å². The van der Waals surface area contributed by atoms with E-state index in [0.29, 0.717) is 0 Å². The molecule has 0 N–H and O–H groups in total. The second-order valence-electron chi connectivity index (χ2n) is 2.58. The standard InChI is InChI=1S/C6H17NS/c1-6-8(4,5)7(2)3/h6H2,1-5H3. The largest absolute Gasteiger partial charge is 0.274 e. The lowest BCUT2D eigenvalue weighted by molar-refractivity contribution is 0.684. The lowest BCUT2D eigenvalue weighted by Gasteiger charge is -2.37. The van der Waals surface area contributed by atoms with Crippen molar-refractivity contribution in [3.63, 3.8) is 0 Å². The molecule has 0 spiro atoms. The molecule has 0 aliphatic rings. The van der Waals surface area contributed by atoms with Crippen molar-refractivity contribution in [1.82, 2.24) is 4.31 Å². The van der Waals surface area contributed by atoms with Crippen molar-refractivity contribution in [1.29, 1.82) is 0 Å². The molecule has 0 aliphatic carbocycles. The highest BCUT2D eigenvalue weighted by Gasteiger charge is 2.09. The van der Waals surface area contributed by atoms with Gasteiger partial charge in [-0.15, -0.1) is 0 Å². The van der Waals surface area contributed by atoms with Gasteiger partial charge in [0, 0.05) is 0 Å². The minimum atomic E-state index is -0.403. The van der Waals surface area contributed by atoms with Crippen LogP contribution in [0.4, 0.5) is 0 Å². The van der Waals surface area contributed by atoms with E-state index in [4.69, 9.17) is 0 Å². The SMILES string of the molecule is CCS(C)(C)N(C)C. The highest BCUT2D eigenvalue weighted by Crippen LogP contribution is 2.40. The molecule has 0 fully saturated rings. The molecule has 0 heterocycles. The predicted octanol–water partition coefficient (Wildman–Crippen LogP) is 1.55. The lowest BCUT2D eigenvalue weighted by atomic mass is 11.0. The summed E-state index contributed by atoms with van der Waals surface area (Å²) in [5.74, 6) is 1.29. The molecule has 0 saturated carbocycles. The summed E-state index contributed by atoms with van der Waals surface area (Å²) >= 11 is 0. The van der Waals surface area contributed by atoms with Crippen molar-refractivity contribution in [3.05, 3.63) is 0 Å². The van der Waals surface area contributed by atoms with Gasteiger partial charge in [0.1, 0.15) is 0 Å². The van der Waals surface area contributed by atoms with Crippen LogP contribution in [-0.4, -0.2) is 36.7 Å². The Kier molecular flexibility index (Phi) is 2.84. The number of hydrogen-bond acceptors (Lipinski definition) is 1. The first-order valence-corrected chi connectivity index (χ1v) is 5.46. The summed E-state index contributed by atoms with van der Waals surface area (Å²) in [6, 6.07) is 0. The van der Waals surface area contributed by atoms with Gasteiger partial charge in [-0.05, 0) is 32.4 Å². The number of hydrogen-bond donors (Lipinski definition) is 0. The quantitative estimate of drug-likeness (QED) is 0.555. The Hall–Kier alpha value is 0.310. The van der Waals surface area contributed by atoms with E-state index in [2.05, 4.69) is 37.8 Å². The molecule has 2 heteroatoms. The van der Waals surface area contributed by atoms with E-state index >= 15 is 0 Å². The van der Waals surface area contributed by atoms with Gasteiger partial charge < -0.3 is 0 Å². The van der Waals surface area contributed by atoms with Crippen LogP contribution < -0.4 is 0 Å². The highest BCUT2D eigenvalue weighted by atomic mass is 32.3. The molecule has 0 bridgehead atoms. The number of nitrogens with zero attached hydrogens (tertiary/aromatic N) is 1. The minimum Gasteiger partial charge on any atom is -0.274 e. The number of rotatable bonds is 2. The molecule has 0 saturated heterocycles. The Morgan fingerprint density at radius 2 is 1.62 bits per heavy atom. The topological polar surface area (TPSA) is 3.24 Å². The summed E-state index contributed by atoms with van der Waals surface area (Å²) in [6.45, 7) is 2.25. The normalized spacial score (nSPS) is 14.8. The third-order valence-electron chi connectivity index (χ3n) is 1.69. The van der Waals surface area contributed by atoms with Gasteiger partial charge in [0.05, 0.1) is 0 Å². The molecule has 0 amide bonds. The molecule has 0 aromatic rings. The molecule has 0 aromatic carbocycles. The van der Waals surface area contributed by atoms with Gasteiger partial charge in [0.2, 0.25) is 0 Å². The first-order chi connectivity index (χ1) is 3.50. The van der Waals surface area contributed by atoms with E-state index < -0.39 is 10.2 Å². The van der Waals surface area contributed by atoms with Crippen molar-refractivity contribution in [3.8, 4) is 0 Å².